The van der Waals surface area contributed by atoms with Crippen LogP contribution in [-0.4, -0.2) is 24.0 Å². The van der Waals surface area contributed by atoms with Crippen LogP contribution in [0.3, 0.4) is 0 Å². The molecule has 0 saturated heterocycles. The zero-order valence-electron chi connectivity index (χ0n) is 14.8. The molecule has 0 bridgehead atoms. The quantitative estimate of drug-likeness (QED) is 0.540. The molecule has 26 heavy (non-hydrogen) atoms. The van der Waals surface area contributed by atoms with Crippen LogP contribution in [-0.2, 0) is 4.79 Å². The highest BCUT2D eigenvalue weighted by Gasteiger charge is 2.15. The molecule has 0 atom stereocenters. The lowest BCUT2D eigenvalue weighted by atomic mass is 10.1. The summed E-state index contributed by atoms with van der Waals surface area (Å²) in [6, 6.07) is 13.0. The smallest absolute Gasteiger partial charge is 0.310 e. The summed E-state index contributed by atoms with van der Waals surface area (Å²) in [6.45, 7) is 4.52. The number of nitro groups is 1. The minimum Gasteiger partial charge on any atom is -0.494 e. The molecule has 7 nitrogen and oxygen atoms in total. The molecule has 2 rings (SSSR count). The summed E-state index contributed by atoms with van der Waals surface area (Å²) >= 11 is 0. The summed E-state index contributed by atoms with van der Waals surface area (Å²) in [7, 11) is 0. The molecule has 2 aromatic rings. The molecule has 0 radical (unpaired) electrons. The molecule has 1 N–H and O–H groups in total. The van der Waals surface area contributed by atoms with Gasteiger partial charge in [0.25, 0.3) is 5.91 Å². The van der Waals surface area contributed by atoms with Gasteiger partial charge in [0.2, 0.25) is 0 Å². The maximum atomic E-state index is 12.0. The van der Waals surface area contributed by atoms with E-state index >= 15 is 0 Å². The van der Waals surface area contributed by atoms with Gasteiger partial charge < -0.3 is 14.8 Å². The second-order valence-corrected chi connectivity index (χ2v) is 6.12. The molecule has 0 aromatic heterocycles. The lowest BCUT2D eigenvalue weighted by Crippen LogP contribution is -2.20. The Kier molecular flexibility index (Phi) is 6.96. The van der Waals surface area contributed by atoms with Crippen LogP contribution >= 0.6 is 0 Å². The number of amides is 1. The number of nitrogens with zero attached hydrogens (tertiary/aromatic N) is 1. The predicted molar refractivity (Wildman–Crippen MR) is 98.6 cm³/mol. The third-order valence-electron chi connectivity index (χ3n) is 3.50. The minimum atomic E-state index is -0.550. The first-order chi connectivity index (χ1) is 12.5. The standard InChI is InChI=1S/C19H22N2O5/c1-14(2)10-11-25-16-7-5-6-15(12-16)20-19(22)13-26-18-9-4-3-8-17(18)21(23)24/h3-9,12,14H,10-11,13H2,1-2H3,(H,20,22). The zero-order valence-corrected chi connectivity index (χ0v) is 14.8. The van der Waals surface area contributed by atoms with E-state index in [9.17, 15) is 14.9 Å². The molecule has 0 unspecified atom stereocenters. The number of anilines is 1. The third-order valence-corrected chi connectivity index (χ3v) is 3.50. The van der Waals surface area contributed by atoms with E-state index in [1.54, 1.807) is 24.3 Å². The Morgan fingerprint density at radius 1 is 1.15 bits per heavy atom. The number of para-hydroxylation sites is 2. The Morgan fingerprint density at radius 3 is 2.65 bits per heavy atom. The highest BCUT2D eigenvalue weighted by Crippen LogP contribution is 2.25. The SMILES string of the molecule is CC(C)CCOc1cccc(NC(=O)COc2ccccc2[N+](=O)[O-])c1. The van der Waals surface area contributed by atoms with Crippen LogP contribution in [0.4, 0.5) is 11.4 Å². The summed E-state index contributed by atoms with van der Waals surface area (Å²) in [4.78, 5) is 22.4. The number of ether oxygens (including phenoxy) is 2. The van der Waals surface area contributed by atoms with Crippen molar-refractivity contribution in [1.29, 1.82) is 0 Å². The Morgan fingerprint density at radius 2 is 1.92 bits per heavy atom. The summed E-state index contributed by atoms with van der Waals surface area (Å²) in [5.74, 6) is 0.862. The molecular weight excluding hydrogens is 336 g/mol. The van der Waals surface area contributed by atoms with Gasteiger partial charge >= 0.3 is 5.69 Å². The maximum absolute atomic E-state index is 12.0. The van der Waals surface area contributed by atoms with Crippen molar-refractivity contribution in [2.24, 2.45) is 5.92 Å². The average molecular weight is 358 g/mol. The second-order valence-electron chi connectivity index (χ2n) is 6.12. The van der Waals surface area contributed by atoms with Crippen LogP contribution in [0, 0.1) is 16.0 Å². The fourth-order valence-electron chi connectivity index (χ4n) is 2.15. The minimum absolute atomic E-state index is 0.0541. The van der Waals surface area contributed by atoms with Crippen LogP contribution < -0.4 is 14.8 Å². The van der Waals surface area contributed by atoms with Gasteiger partial charge in [-0.1, -0.05) is 32.0 Å². The van der Waals surface area contributed by atoms with E-state index in [0.717, 1.165) is 6.42 Å². The van der Waals surface area contributed by atoms with Gasteiger partial charge in [0.1, 0.15) is 5.75 Å². The van der Waals surface area contributed by atoms with Crippen LogP contribution in [0.5, 0.6) is 11.5 Å². The molecule has 0 spiro atoms. The Bertz CT molecular complexity index is 761. The number of nitro benzene ring substituents is 1. The van der Waals surface area contributed by atoms with Crippen molar-refractivity contribution in [1.82, 2.24) is 0 Å². The van der Waals surface area contributed by atoms with Crippen molar-refractivity contribution in [3.63, 3.8) is 0 Å². The van der Waals surface area contributed by atoms with Gasteiger partial charge in [0.05, 0.1) is 11.5 Å². The number of hydrogen-bond donors (Lipinski definition) is 1. The normalized spacial score (nSPS) is 10.4. The first-order valence-corrected chi connectivity index (χ1v) is 8.34. The fourth-order valence-corrected chi connectivity index (χ4v) is 2.15. The van der Waals surface area contributed by atoms with E-state index in [2.05, 4.69) is 19.2 Å². The topological polar surface area (TPSA) is 90.7 Å². The van der Waals surface area contributed by atoms with Crippen molar-refractivity contribution in [3.05, 3.63) is 58.6 Å². The van der Waals surface area contributed by atoms with Crippen LogP contribution in [0.2, 0.25) is 0 Å². The molecule has 0 aliphatic rings. The van der Waals surface area contributed by atoms with Crippen LogP contribution in [0.25, 0.3) is 0 Å². The van der Waals surface area contributed by atoms with Gasteiger partial charge in [0.15, 0.2) is 12.4 Å². The van der Waals surface area contributed by atoms with E-state index in [1.807, 2.05) is 6.07 Å². The van der Waals surface area contributed by atoms with Crippen molar-refractivity contribution < 1.29 is 19.2 Å². The lowest BCUT2D eigenvalue weighted by Gasteiger charge is -2.11. The molecular formula is C19H22N2O5. The van der Waals surface area contributed by atoms with Crippen molar-refractivity contribution in [2.45, 2.75) is 20.3 Å². The second kappa shape index (κ2) is 9.41. The Balaban J connectivity index is 1.89. The van der Waals surface area contributed by atoms with E-state index in [4.69, 9.17) is 9.47 Å². The van der Waals surface area contributed by atoms with Gasteiger partial charge in [-0.25, -0.2) is 0 Å². The molecule has 0 heterocycles. The molecule has 2 aromatic carbocycles. The van der Waals surface area contributed by atoms with Crippen molar-refractivity contribution in [2.75, 3.05) is 18.5 Å². The van der Waals surface area contributed by atoms with E-state index < -0.39 is 10.8 Å². The average Bonchev–Trinajstić information content (AvgIpc) is 2.60. The number of benzene rings is 2. The zero-order chi connectivity index (χ0) is 18.9. The number of rotatable bonds is 9. The number of hydrogen-bond acceptors (Lipinski definition) is 5. The van der Waals surface area contributed by atoms with Crippen LogP contribution in [0.1, 0.15) is 20.3 Å². The van der Waals surface area contributed by atoms with E-state index in [-0.39, 0.29) is 18.0 Å². The molecule has 0 saturated carbocycles. The van der Waals surface area contributed by atoms with Crippen LogP contribution in [0.15, 0.2) is 48.5 Å². The monoisotopic (exact) mass is 358 g/mol. The summed E-state index contributed by atoms with van der Waals surface area (Å²) in [6.07, 6.45) is 0.945. The summed E-state index contributed by atoms with van der Waals surface area (Å²) < 4.78 is 10.9. The Hall–Kier alpha value is -3.09. The van der Waals surface area contributed by atoms with Gasteiger partial charge in [-0.15, -0.1) is 0 Å². The largest absolute Gasteiger partial charge is 0.494 e. The first-order valence-electron chi connectivity index (χ1n) is 8.34. The molecule has 138 valence electrons. The molecule has 0 aliphatic heterocycles. The van der Waals surface area contributed by atoms with Crippen molar-refractivity contribution in [3.8, 4) is 11.5 Å². The van der Waals surface area contributed by atoms with Gasteiger partial charge in [-0.05, 0) is 30.5 Å². The molecule has 7 heteroatoms. The molecule has 0 fully saturated rings. The van der Waals surface area contributed by atoms with Gasteiger partial charge in [-0.2, -0.15) is 0 Å². The van der Waals surface area contributed by atoms with E-state index in [0.29, 0.717) is 24.0 Å². The number of carbonyl (C=O) groups is 1. The highest BCUT2D eigenvalue weighted by molar-refractivity contribution is 5.92. The highest BCUT2D eigenvalue weighted by atomic mass is 16.6. The van der Waals surface area contributed by atoms with Gasteiger partial charge in [-0.3, -0.25) is 14.9 Å². The number of carbonyl (C=O) groups excluding carboxylic acids is 1. The number of nitrogens with one attached hydrogen (secondary N) is 1. The Labute approximate surface area is 152 Å². The lowest BCUT2D eigenvalue weighted by molar-refractivity contribution is -0.385. The fraction of sp³-hybridized carbons (Fsp3) is 0.316. The van der Waals surface area contributed by atoms with E-state index in [1.165, 1.54) is 18.2 Å². The van der Waals surface area contributed by atoms with Crippen molar-refractivity contribution >= 4 is 17.3 Å². The maximum Gasteiger partial charge on any atom is 0.310 e. The molecule has 0 aliphatic carbocycles. The summed E-state index contributed by atoms with van der Waals surface area (Å²) in [5.41, 5.74) is 0.393. The first kappa shape index (κ1) is 19.2. The molecule has 1 amide bonds. The predicted octanol–water partition coefficient (Wildman–Crippen LogP) is 4.04. The van der Waals surface area contributed by atoms with Gasteiger partial charge in [0, 0.05) is 17.8 Å². The summed E-state index contributed by atoms with van der Waals surface area (Å²) in [5, 5.41) is 13.6. The third kappa shape index (κ3) is 6.08.